The minimum atomic E-state index is 0.170. The van der Waals surface area contributed by atoms with Crippen molar-refractivity contribution in [3.05, 3.63) is 35.9 Å². The van der Waals surface area contributed by atoms with Crippen LogP contribution < -0.4 is 16.9 Å². The monoisotopic (exact) mass is 255 g/mol. The predicted octanol–water partition coefficient (Wildman–Crippen LogP) is 0.610. The summed E-state index contributed by atoms with van der Waals surface area (Å²) in [5.41, 5.74) is 7.76. The molecule has 3 rings (SSSR count). The second kappa shape index (κ2) is 4.21. The van der Waals surface area contributed by atoms with Gasteiger partial charge in [0.1, 0.15) is 18.3 Å². The van der Waals surface area contributed by atoms with Crippen LogP contribution in [0.2, 0.25) is 0 Å². The third-order valence-corrected chi connectivity index (χ3v) is 2.91. The molecule has 0 atom stereocenters. The largest absolute Gasteiger partial charge is 0.368 e. The maximum absolute atomic E-state index is 8.08. The van der Waals surface area contributed by atoms with Gasteiger partial charge in [0.05, 0.1) is 11.3 Å². The average Bonchev–Trinajstić information content (AvgIpc) is 2.43. The molecule has 0 radical (unpaired) electrons. The number of hydrogen-bond acceptors (Lipinski definition) is 6. The summed E-state index contributed by atoms with van der Waals surface area (Å²) in [7, 11) is 0. The summed E-state index contributed by atoms with van der Waals surface area (Å²) in [6, 6.07) is 9.54. The summed E-state index contributed by atoms with van der Waals surface area (Å²) < 4.78 is 0. The van der Waals surface area contributed by atoms with Crippen molar-refractivity contribution in [1.29, 1.82) is 5.41 Å². The molecule has 19 heavy (non-hydrogen) atoms. The molecule has 2 aromatic rings. The topological polar surface area (TPSA) is 117 Å². The predicted molar refractivity (Wildman–Crippen MR) is 73.2 cm³/mol. The molecule has 0 unspecified atom stereocenters. The van der Waals surface area contributed by atoms with Crippen LogP contribution in [0.25, 0.3) is 11.3 Å². The third kappa shape index (κ3) is 1.85. The third-order valence-electron chi connectivity index (χ3n) is 2.91. The molecule has 2 heterocycles. The highest BCUT2D eigenvalue weighted by atomic mass is 15.5. The van der Waals surface area contributed by atoms with Crippen molar-refractivity contribution >= 4 is 17.6 Å². The van der Waals surface area contributed by atoms with E-state index in [2.05, 4.69) is 15.3 Å². The number of hydrogen-bond donors (Lipinski definition) is 4. The molecule has 7 heteroatoms. The molecular formula is C12H13N7. The molecule has 0 saturated heterocycles. The molecule has 1 aliphatic heterocycles. The number of nitrogens with two attached hydrogens (primary N) is 2. The summed E-state index contributed by atoms with van der Waals surface area (Å²) >= 11 is 0. The van der Waals surface area contributed by atoms with E-state index in [1.165, 1.54) is 5.01 Å². The van der Waals surface area contributed by atoms with E-state index in [9.17, 15) is 0 Å². The van der Waals surface area contributed by atoms with Gasteiger partial charge in [-0.3, -0.25) is 10.4 Å². The first-order chi connectivity index (χ1) is 9.16. The van der Waals surface area contributed by atoms with Gasteiger partial charge in [0.2, 0.25) is 5.95 Å². The Kier molecular flexibility index (Phi) is 2.53. The van der Waals surface area contributed by atoms with E-state index in [0.717, 1.165) is 5.56 Å². The first-order valence-corrected chi connectivity index (χ1v) is 5.75. The molecule has 1 aromatic carbocycles. The van der Waals surface area contributed by atoms with Gasteiger partial charge in [-0.15, -0.1) is 0 Å². The Bertz CT molecular complexity index is 638. The number of rotatable bonds is 1. The number of amidine groups is 1. The number of aromatic nitrogens is 2. The maximum atomic E-state index is 8.08. The fraction of sp³-hybridized carbons (Fsp3) is 0.0833. The van der Waals surface area contributed by atoms with Gasteiger partial charge in [-0.2, -0.15) is 4.98 Å². The normalized spacial score (nSPS) is 13.9. The van der Waals surface area contributed by atoms with Gasteiger partial charge in [-0.25, -0.2) is 10.8 Å². The number of hydrazine groups is 1. The van der Waals surface area contributed by atoms with E-state index >= 15 is 0 Å². The average molecular weight is 255 g/mol. The van der Waals surface area contributed by atoms with Crippen molar-refractivity contribution in [3.8, 4) is 11.3 Å². The lowest BCUT2D eigenvalue weighted by Gasteiger charge is -2.28. The quantitative estimate of drug-likeness (QED) is 0.555. The molecule has 1 aliphatic rings. The lowest BCUT2D eigenvalue weighted by atomic mass is 10.0. The van der Waals surface area contributed by atoms with E-state index in [-0.39, 0.29) is 11.8 Å². The Morgan fingerprint density at radius 3 is 2.68 bits per heavy atom. The Hall–Kier alpha value is -2.67. The fourth-order valence-corrected chi connectivity index (χ4v) is 2.02. The molecule has 0 fully saturated rings. The molecule has 7 nitrogen and oxygen atoms in total. The SMILES string of the molecule is N=C1c2c(nc(N)nc2-c2ccccc2)NCN1N. The molecule has 96 valence electrons. The van der Waals surface area contributed by atoms with Gasteiger partial charge in [-0.05, 0) is 0 Å². The molecule has 1 aromatic heterocycles. The van der Waals surface area contributed by atoms with Crippen LogP contribution in [0, 0.1) is 5.41 Å². The van der Waals surface area contributed by atoms with Gasteiger partial charge in [0.25, 0.3) is 0 Å². The van der Waals surface area contributed by atoms with Crippen molar-refractivity contribution in [2.45, 2.75) is 0 Å². The van der Waals surface area contributed by atoms with Gasteiger partial charge < -0.3 is 11.1 Å². The highest BCUT2D eigenvalue weighted by molar-refractivity contribution is 6.07. The van der Waals surface area contributed by atoms with Crippen LogP contribution in [0.3, 0.4) is 0 Å². The number of fused-ring (bicyclic) bond motifs is 1. The molecule has 0 saturated carbocycles. The van der Waals surface area contributed by atoms with Crippen LogP contribution in [-0.2, 0) is 0 Å². The molecule has 0 amide bonds. The number of anilines is 2. The first kappa shape index (κ1) is 11.4. The van der Waals surface area contributed by atoms with Crippen LogP contribution in [0.5, 0.6) is 0 Å². The van der Waals surface area contributed by atoms with Crippen LogP contribution >= 0.6 is 0 Å². The number of nitrogens with zero attached hydrogens (tertiary/aromatic N) is 3. The summed E-state index contributed by atoms with van der Waals surface area (Å²) in [6.07, 6.45) is 0. The molecule has 6 N–H and O–H groups in total. The Balaban J connectivity index is 2.25. The zero-order valence-electron chi connectivity index (χ0n) is 10.1. The molecule has 0 aliphatic carbocycles. The standard InChI is InChI=1S/C12H13N7/c13-10-8-9(7-4-2-1-3-5-7)17-12(14)18-11(8)16-6-19(10)15/h1-5,13H,6,15H2,(H3,14,16,17,18). The summed E-state index contributed by atoms with van der Waals surface area (Å²) in [5.74, 6) is 6.62. The Morgan fingerprint density at radius 1 is 1.21 bits per heavy atom. The van der Waals surface area contributed by atoms with Crippen LogP contribution in [0.1, 0.15) is 5.56 Å². The minimum Gasteiger partial charge on any atom is -0.368 e. The van der Waals surface area contributed by atoms with Gasteiger partial charge in [0.15, 0.2) is 0 Å². The number of nitrogen functional groups attached to an aromatic ring is 1. The van der Waals surface area contributed by atoms with Crippen molar-refractivity contribution in [1.82, 2.24) is 15.0 Å². The summed E-state index contributed by atoms with van der Waals surface area (Å²) in [6.45, 7) is 0.316. The smallest absolute Gasteiger partial charge is 0.222 e. The van der Waals surface area contributed by atoms with Gasteiger partial charge >= 0.3 is 0 Å². The van der Waals surface area contributed by atoms with E-state index in [4.69, 9.17) is 17.0 Å². The zero-order chi connectivity index (χ0) is 13.4. The highest BCUT2D eigenvalue weighted by Crippen LogP contribution is 2.29. The summed E-state index contributed by atoms with van der Waals surface area (Å²) in [4.78, 5) is 8.36. The Morgan fingerprint density at radius 2 is 1.95 bits per heavy atom. The second-order valence-electron chi connectivity index (χ2n) is 4.17. The van der Waals surface area contributed by atoms with Crippen LogP contribution in [-0.4, -0.2) is 27.5 Å². The number of benzene rings is 1. The van der Waals surface area contributed by atoms with Gasteiger partial charge in [-0.1, -0.05) is 30.3 Å². The van der Waals surface area contributed by atoms with Crippen molar-refractivity contribution in [2.24, 2.45) is 5.84 Å². The number of nitrogens with one attached hydrogen (secondary N) is 2. The van der Waals surface area contributed by atoms with Crippen molar-refractivity contribution < 1.29 is 0 Å². The van der Waals surface area contributed by atoms with Crippen LogP contribution in [0.15, 0.2) is 30.3 Å². The molecule has 0 bridgehead atoms. The van der Waals surface area contributed by atoms with E-state index in [0.29, 0.717) is 23.7 Å². The second-order valence-corrected chi connectivity index (χ2v) is 4.17. The lowest BCUT2D eigenvalue weighted by molar-refractivity contribution is 0.461. The maximum Gasteiger partial charge on any atom is 0.222 e. The Labute approximate surface area is 109 Å². The molecular weight excluding hydrogens is 242 g/mol. The minimum absolute atomic E-state index is 0.170. The summed E-state index contributed by atoms with van der Waals surface area (Å²) in [5, 5.41) is 12.4. The van der Waals surface area contributed by atoms with Crippen LogP contribution in [0.4, 0.5) is 11.8 Å². The fourth-order valence-electron chi connectivity index (χ4n) is 2.02. The highest BCUT2D eigenvalue weighted by Gasteiger charge is 2.25. The zero-order valence-corrected chi connectivity index (χ0v) is 10.1. The van der Waals surface area contributed by atoms with E-state index in [1.54, 1.807) is 0 Å². The van der Waals surface area contributed by atoms with Crippen molar-refractivity contribution in [3.63, 3.8) is 0 Å². The first-order valence-electron chi connectivity index (χ1n) is 5.75. The van der Waals surface area contributed by atoms with E-state index in [1.807, 2.05) is 30.3 Å². The molecule has 0 spiro atoms. The van der Waals surface area contributed by atoms with Gasteiger partial charge in [0, 0.05) is 5.56 Å². The van der Waals surface area contributed by atoms with Crippen molar-refractivity contribution in [2.75, 3.05) is 17.7 Å². The lowest BCUT2D eigenvalue weighted by Crippen LogP contribution is -2.45. The van der Waals surface area contributed by atoms with E-state index < -0.39 is 0 Å².